The number of carboxylic acid groups (broad SMARTS) is 1. The maximum absolute atomic E-state index is 12.4. The topological polar surface area (TPSA) is 112 Å². The number of imide groups is 1. The van der Waals surface area contributed by atoms with Crippen LogP contribution in [0.1, 0.15) is 23.0 Å². The Hall–Kier alpha value is -3.63. The molecule has 8 heteroatoms. The third-order valence-corrected chi connectivity index (χ3v) is 4.67. The van der Waals surface area contributed by atoms with Crippen LogP contribution in [-0.4, -0.2) is 34.8 Å². The zero-order valence-electron chi connectivity index (χ0n) is 14.8. The molecule has 0 saturated carbocycles. The van der Waals surface area contributed by atoms with E-state index >= 15 is 0 Å². The Kier molecular flexibility index (Phi) is 4.91. The zero-order valence-corrected chi connectivity index (χ0v) is 15.6. The van der Waals surface area contributed by atoms with Crippen molar-refractivity contribution in [1.29, 1.82) is 5.26 Å². The molecule has 0 spiro atoms. The summed E-state index contributed by atoms with van der Waals surface area (Å²) in [6.07, 6.45) is 1.44. The molecule has 1 aliphatic rings. The van der Waals surface area contributed by atoms with E-state index < -0.39 is 17.8 Å². The largest absolute Gasteiger partial charge is 0.478 e. The number of nitrogens with zero attached hydrogens (tertiary/aromatic N) is 2. The van der Waals surface area contributed by atoms with Crippen molar-refractivity contribution in [1.82, 2.24) is 4.90 Å². The normalized spacial score (nSPS) is 15.9. The number of hydrogen-bond acceptors (Lipinski definition) is 5. The van der Waals surface area contributed by atoms with Crippen LogP contribution in [0.3, 0.4) is 0 Å². The van der Waals surface area contributed by atoms with E-state index in [1.807, 2.05) is 6.07 Å². The van der Waals surface area contributed by atoms with Gasteiger partial charge in [-0.2, -0.15) is 5.26 Å². The number of amides is 2. The summed E-state index contributed by atoms with van der Waals surface area (Å²) in [6.45, 7) is 1.52. The van der Waals surface area contributed by atoms with Crippen molar-refractivity contribution >= 4 is 35.5 Å². The average Bonchev–Trinajstić information content (AvgIpc) is 3.13. The van der Waals surface area contributed by atoms with Gasteiger partial charge in [0.05, 0.1) is 10.6 Å². The lowest BCUT2D eigenvalue weighted by Crippen LogP contribution is -2.39. The lowest BCUT2D eigenvalue weighted by atomic mass is 9.95. The van der Waals surface area contributed by atoms with Gasteiger partial charge in [-0.1, -0.05) is 11.6 Å². The van der Waals surface area contributed by atoms with Gasteiger partial charge < -0.3 is 9.52 Å². The summed E-state index contributed by atoms with van der Waals surface area (Å²) in [5.41, 5.74) is 0.771. The summed E-state index contributed by atoms with van der Waals surface area (Å²) in [5.74, 6) is -1.67. The van der Waals surface area contributed by atoms with E-state index in [0.29, 0.717) is 17.1 Å². The first-order chi connectivity index (χ1) is 13.2. The number of halogens is 1. The molecule has 2 heterocycles. The highest BCUT2D eigenvalue weighted by Crippen LogP contribution is 2.30. The van der Waals surface area contributed by atoms with Crippen molar-refractivity contribution in [3.63, 3.8) is 0 Å². The molecule has 2 aromatic rings. The molecular formula is C20H13ClN2O5. The first-order valence-corrected chi connectivity index (χ1v) is 8.41. The molecule has 7 nitrogen and oxygen atoms in total. The summed E-state index contributed by atoms with van der Waals surface area (Å²) in [5, 5.41) is 18.5. The number of furan rings is 1. The van der Waals surface area contributed by atoms with Crippen LogP contribution in [-0.2, 0) is 9.59 Å². The maximum Gasteiger partial charge on any atom is 0.337 e. The number of hydrogen-bond donors (Lipinski definition) is 1. The standard InChI is InChI=1S/C20H13ClN2O5/c1-10-13(18(24)23(2)19(25)15(10)9-22)8-12-4-6-17(28-12)11-3-5-16(21)14(7-11)20(26)27/h3-8H,1-2H3,(H,26,27)/b13-8+. The second-order valence-corrected chi connectivity index (χ2v) is 6.45. The Morgan fingerprint density at radius 2 is 1.96 bits per heavy atom. The number of rotatable bonds is 3. The highest BCUT2D eigenvalue weighted by atomic mass is 35.5. The third-order valence-electron chi connectivity index (χ3n) is 4.34. The first kappa shape index (κ1) is 19.1. The number of benzene rings is 1. The predicted octanol–water partition coefficient (Wildman–Crippen LogP) is 3.52. The molecule has 140 valence electrons. The Morgan fingerprint density at radius 1 is 1.25 bits per heavy atom. The number of aromatic carboxylic acids is 1. The van der Waals surface area contributed by atoms with Gasteiger partial charge in [0.25, 0.3) is 11.8 Å². The van der Waals surface area contributed by atoms with Gasteiger partial charge in [-0.05, 0) is 48.9 Å². The van der Waals surface area contributed by atoms with Crippen LogP contribution in [0.5, 0.6) is 0 Å². The quantitative estimate of drug-likeness (QED) is 0.627. The number of carbonyl (C=O) groups excluding carboxylic acids is 2. The van der Waals surface area contributed by atoms with Crippen LogP contribution < -0.4 is 0 Å². The Bertz CT molecular complexity index is 1130. The van der Waals surface area contributed by atoms with Crippen molar-refractivity contribution in [2.45, 2.75) is 6.92 Å². The van der Waals surface area contributed by atoms with Crippen molar-refractivity contribution < 1.29 is 23.9 Å². The van der Waals surface area contributed by atoms with Crippen molar-refractivity contribution in [3.05, 3.63) is 63.4 Å². The molecule has 1 aliphatic heterocycles. The van der Waals surface area contributed by atoms with Gasteiger partial charge in [0.15, 0.2) is 0 Å². The van der Waals surface area contributed by atoms with E-state index in [4.69, 9.17) is 16.0 Å². The van der Waals surface area contributed by atoms with E-state index in [9.17, 15) is 24.8 Å². The number of likely N-dealkylation sites (N-methyl/N-ethyl adjacent to an activating group) is 1. The number of nitriles is 1. The Labute approximate surface area is 164 Å². The van der Waals surface area contributed by atoms with Crippen LogP contribution in [0.15, 0.2) is 51.5 Å². The van der Waals surface area contributed by atoms with Crippen molar-refractivity contribution in [2.24, 2.45) is 0 Å². The summed E-state index contributed by atoms with van der Waals surface area (Å²) in [6, 6.07) is 9.49. The van der Waals surface area contributed by atoms with Crippen molar-refractivity contribution in [2.75, 3.05) is 7.05 Å². The van der Waals surface area contributed by atoms with Gasteiger partial charge >= 0.3 is 5.97 Å². The number of carbonyl (C=O) groups is 3. The van der Waals surface area contributed by atoms with Crippen molar-refractivity contribution in [3.8, 4) is 17.4 Å². The third kappa shape index (κ3) is 3.21. The monoisotopic (exact) mass is 396 g/mol. The molecule has 0 unspecified atom stereocenters. The minimum absolute atomic E-state index is 0.0597. The molecule has 0 saturated heterocycles. The highest BCUT2D eigenvalue weighted by Gasteiger charge is 2.33. The van der Waals surface area contributed by atoms with Crippen LogP contribution in [0, 0.1) is 11.3 Å². The molecule has 28 heavy (non-hydrogen) atoms. The van der Waals surface area contributed by atoms with E-state index in [-0.39, 0.29) is 27.3 Å². The molecule has 0 aliphatic carbocycles. The van der Waals surface area contributed by atoms with Gasteiger partial charge in [-0.3, -0.25) is 14.5 Å². The second-order valence-electron chi connectivity index (χ2n) is 6.04. The highest BCUT2D eigenvalue weighted by molar-refractivity contribution is 6.33. The summed E-state index contributed by atoms with van der Waals surface area (Å²) in [4.78, 5) is 36.5. The van der Waals surface area contributed by atoms with E-state index in [1.165, 1.54) is 32.2 Å². The van der Waals surface area contributed by atoms with Crippen LogP contribution in [0.4, 0.5) is 0 Å². The smallest absolute Gasteiger partial charge is 0.337 e. The lowest BCUT2D eigenvalue weighted by molar-refractivity contribution is -0.138. The first-order valence-electron chi connectivity index (χ1n) is 8.03. The SMILES string of the molecule is CC1=C(C#N)C(=O)N(C)C(=O)/C1=C/c1ccc(-c2ccc(Cl)c(C(=O)O)c2)o1. The zero-order chi connectivity index (χ0) is 20.6. The molecule has 3 rings (SSSR count). The molecule has 1 N–H and O–H groups in total. The summed E-state index contributed by atoms with van der Waals surface area (Å²) < 4.78 is 5.70. The van der Waals surface area contributed by atoms with E-state index in [0.717, 1.165) is 4.90 Å². The molecule has 0 atom stereocenters. The molecule has 2 amide bonds. The van der Waals surface area contributed by atoms with Gasteiger partial charge in [-0.25, -0.2) is 4.79 Å². The molecule has 0 radical (unpaired) electrons. The Morgan fingerprint density at radius 3 is 2.61 bits per heavy atom. The predicted molar refractivity (Wildman–Crippen MR) is 100 cm³/mol. The van der Waals surface area contributed by atoms with Gasteiger partial charge in [0.1, 0.15) is 23.2 Å². The van der Waals surface area contributed by atoms with Gasteiger partial charge in [-0.15, -0.1) is 0 Å². The molecule has 1 aromatic carbocycles. The fourth-order valence-corrected chi connectivity index (χ4v) is 2.97. The lowest BCUT2D eigenvalue weighted by Gasteiger charge is -2.23. The fourth-order valence-electron chi connectivity index (χ4n) is 2.77. The van der Waals surface area contributed by atoms with Gasteiger partial charge in [0, 0.05) is 18.2 Å². The average molecular weight is 397 g/mol. The van der Waals surface area contributed by atoms with Crippen LogP contribution in [0.25, 0.3) is 17.4 Å². The van der Waals surface area contributed by atoms with E-state index in [2.05, 4.69) is 0 Å². The van der Waals surface area contributed by atoms with Crippen LogP contribution >= 0.6 is 11.6 Å². The van der Waals surface area contributed by atoms with Gasteiger partial charge in [0.2, 0.25) is 0 Å². The minimum Gasteiger partial charge on any atom is -0.478 e. The molecule has 0 fully saturated rings. The maximum atomic E-state index is 12.4. The Balaban J connectivity index is 2.03. The molecule has 0 bridgehead atoms. The number of carboxylic acids is 1. The second kappa shape index (κ2) is 7.18. The summed E-state index contributed by atoms with van der Waals surface area (Å²) >= 11 is 5.88. The minimum atomic E-state index is -1.16. The molecular weight excluding hydrogens is 384 g/mol. The fraction of sp³-hybridized carbons (Fsp3) is 0.100. The van der Waals surface area contributed by atoms with E-state index in [1.54, 1.807) is 18.2 Å². The molecule has 1 aromatic heterocycles. The van der Waals surface area contributed by atoms with Crippen LogP contribution in [0.2, 0.25) is 5.02 Å². The summed E-state index contributed by atoms with van der Waals surface area (Å²) in [7, 11) is 1.30.